The van der Waals surface area contributed by atoms with Gasteiger partial charge in [0.05, 0.1) is 23.6 Å². The summed E-state index contributed by atoms with van der Waals surface area (Å²) in [6, 6.07) is 12.7. The highest BCUT2D eigenvalue weighted by atomic mass is 32.2. The van der Waals surface area contributed by atoms with Gasteiger partial charge in [-0.05, 0) is 42.5 Å². The van der Waals surface area contributed by atoms with Gasteiger partial charge in [0.2, 0.25) is 22.7 Å². The minimum absolute atomic E-state index is 0.00203. The molecule has 0 fully saturated rings. The Hall–Kier alpha value is -3.19. The summed E-state index contributed by atoms with van der Waals surface area (Å²) in [5.41, 5.74) is 3.09. The first-order valence-corrected chi connectivity index (χ1v) is 15.5. The van der Waals surface area contributed by atoms with Gasteiger partial charge < -0.3 is 19.9 Å². The molecular weight excluding hydrogens is 560 g/mol. The number of nitrogens with zero attached hydrogens (tertiary/aromatic N) is 2. The zero-order chi connectivity index (χ0) is 31.1. The van der Waals surface area contributed by atoms with Crippen molar-refractivity contribution in [3.05, 3.63) is 54.1 Å². The van der Waals surface area contributed by atoms with E-state index in [0.717, 1.165) is 5.56 Å². The van der Waals surface area contributed by atoms with E-state index in [4.69, 9.17) is 9.47 Å². The smallest absolute Gasteiger partial charge is 0.252 e. The standard InChI is InChI=1S/C30H44N4O7S/c1-21(2)18-33(42(38,39)23-12-13-26-27(15-23)41-20-40-26)19-25(35)24(14-22-10-8-7-9-11-22)34(32-28(36)17-31-6)29(37)16-30(3,4)5/h7-13,15,21,24-25,31,35H,14,16-20H2,1-6H3,(H,32,36)/t24?,25-/m1/s1. The van der Waals surface area contributed by atoms with Crippen LogP contribution in [0.25, 0.3) is 0 Å². The van der Waals surface area contributed by atoms with Crippen molar-refractivity contribution in [2.75, 3.05) is 33.5 Å². The Labute approximate surface area is 249 Å². The van der Waals surface area contributed by atoms with Gasteiger partial charge in [-0.3, -0.25) is 15.0 Å². The van der Waals surface area contributed by atoms with Gasteiger partial charge in [0.15, 0.2) is 11.5 Å². The molecule has 1 aliphatic rings. The summed E-state index contributed by atoms with van der Waals surface area (Å²) in [5.74, 6) is -0.132. The number of sulfonamides is 1. The fraction of sp³-hybridized carbons (Fsp3) is 0.533. The molecular formula is C30H44N4O7S. The SMILES string of the molecule is CNCC(=O)NN(C(=O)CC(C)(C)C)C(Cc1ccccc1)[C@H](O)CN(CC(C)C)S(=O)(=O)c1ccc2c(c1)OCO2. The Morgan fingerprint density at radius 1 is 1.02 bits per heavy atom. The summed E-state index contributed by atoms with van der Waals surface area (Å²) in [7, 11) is -2.48. The lowest BCUT2D eigenvalue weighted by molar-refractivity contribution is -0.149. The van der Waals surface area contributed by atoms with Crippen LogP contribution >= 0.6 is 0 Å². The second kappa shape index (κ2) is 14.3. The first-order chi connectivity index (χ1) is 19.7. The fourth-order valence-corrected chi connectivity index (χ4v) is 6.29. The Bertz CT molecular complexity index is 1310. The largest absolute Gasteiger partial charge is 0.454 e. The number of rotatable bonds is 13. The van der Waals surface area contributed by atoms with Crippen LogP contribution in [-0.2, 0) is 26.0 Å². The molecule has 0 aliphatic carbocycles. The molecule has 3 N–H and O–H groups in total. The highest BCUT2D eigenvalue weighted by molar-refractivity contribution is 7.89. The summed E-state index contributed by atoms with van der Waals surface area (Å²) in [4.78, 5) is 26.4. The van der Waals surface area contributed by atoms with Crippen LogP contribution in [0.2, 0.25) is 0 Å². The predicted octanol–water partition coefficient (Wildman–Crippen LogP) is 2.55. The third kappa shape index (κ3) is 9.15. The normalized spacial score (nSPS) is 14.6. The number of hydrogen-bond acceptors (Lipinski definition) is 8. The van der Waals surface area contributed by atoms with Gasteiger partial charge in [-0.25, -0.2) is 13.4 Å². The predicted molar refractivity (Wildman–Crippen MR) is 159 cm³/mol. The summed E-state index contributed by atoms with van der Waals surface area (Å²) < 4.78 is 39.7. The van der Waals surface area contributed by atoms with Crippen LogP contribution in [0.4, 0.5) is 0 Å². The number of ether oxygens (including phenoxy) is 2. The van der Waals surface area contributed by atoms with Crippen molar-refractivity contribution >= 4 is 21.8 Å². The van der Waals surface area contributed by atoms with Gasteiger partial charge in [-0.1, -0.05) is 65.0 Å². The molecule has 11 nitrogen and oxygen atoms in total. The van der Waals surface area contributed by atoms with E-state index in [1.165, 1.54) is 21.4 Å². The van der Waals surface area contributed by atoms with E-state index >= 15 is 0 Å². The summed E-state index contributed by atoms with van der Waals surface area (Å²) in [6.45, 7) is 9.25. The maximum absolute atomic E-state index is 13.9. The van der Waals surface area contributed by atoms with Gasteiger partial charge in [0.1, 0.15) is 0 Å². The topological polar surface area (TPSA) is 138 Å². The lowest BCUT2D eigenvalue weighted by Crippen LogP contribution is -2.60. The highest BCUT2D eigenvalue weighted by Crippen LogP contribution is 2.35. The molecule has 1 heterocycles. The van der Waals surface area contributed by atoms with Crippen LogP contribution in [0.1, 0.15) is 46.6 Å². The molecule has 2 atom stereocenters. The van der Waals surface area contributed by atoms with E-state index in [9.17, 15) is 23.1 Å². The quantitative estimate of drug-likeness (QED) is 0.297. The number of aliphatic hydroxyl groups is 1. The van der Waals surface area contributed by atoms with Crippen molar-refractivity contribution in [1.29, 1.82) is 0 Å². The zero-order valence-corrected chi connectivity index (χ0v) is 26.1. The maximum atomic E-state index is 13.9. The summed E-state index contributed by atoms with van der Waals surface area (Å²) in [5, 5.41) is 15.7. The molecule has 1 unspecified atom stereocenters. The molecule has 0 radical (unpaired) electrons. The molecule has 0 spiro atoms. The third-order valence-corrected chi connectivity index (χ3v) is 8.37. The van der Waals surface area contributed by atoms with Crippen LogP contribution in [-0.4, -0.2) is 80.3 Å². The Morgan fingerprint density at radius 2 is 1.69 bits per heavy atom. The number of fused-ring (bicyclic) bond motifs is 1. The first-order valence-electron chi connectivity index (χ1n) is 14.1. The molecule has 2 aromatic carbocycles. The van der Waals surface area contributed by atoms with Gasteiger partial charge in [-0.2, -0.15) is 4.31 Å². The van der Waals surface area contributed by atoms with Crippen molar-refractivity contribution < 1.29 is 32.6 Å². The molecule has 0 saturated heterocycles. The van der Waals surface area contributed by atoms with Crippen LogP contribution < -0.4 is 20.2 Å². The number of carbonyl (C=O) groups excluding carboxylic acids is 2. The molecule has 232 valence electrons. The van der Waals surface area contributed by atoms with E-state index < -0.39 is 33.5 Å². The molecule has 42 heavy (non-hydrogen) atoms. The second-order valence-electron chi connectivity index (χ2n) is 12.1. The van der Waals surface area contributed by atoms with Gasteiger partial charge in [0, 0.05) is 25.6 Å². The molecule has 2 amide bonds. The van der Waals surface area contributed by atoms with Crippen molar-refractivity contribution in [2.45, 2.75) is 64.5 Å². The van der Waals surface area contributed by atoms with Crippen molar-refractivity contribution in [3.8, 4) is 11.5 Å². The first kappa shape index (κ1) is 33.3. The molecule has 1 aliphatic heterocycles. The minimum atomic E-state index is -4.09. The van der Waals surface area contributed by atoms with Crippen LogP contribution in [0.5, 0.6) is 11.5 Å². The number of benzene rings is 2. The van der Waals surface area contributed by atoms with Crippen LogP contribution in [0, 0.1) is 11.3 Å². The number of hydrazine groups is 1. The highest BCUT2D eigenvalue weighted by Gasteiger charge is 2.37. The minimum Gasteiger partial charge on any atom is -0.454 e. The maximum Gasteiger partial charge on any atom is 0.252 e. The van der Waals surface area contributed by atoms with E-state index in [0.29, 0.717) is 11.5 Å². The van der Waals surface area contributed by atoms with E-state index in [1.54, 1.807) is 13.1 Å². The van der Waals surface area contributed by atoms with Crippen LogP contribution in [0.3, 0.4) is 0 Å². The monoisotopic (exact) mass is 604 g/mol. The number of nitrogens with one attached hydrogen (secondary N) is 2. The number of amides is 2. The van der Waals surface area contributed by atoms with E-state index in [-0.39, 0.29) is 56.0 Å². The van der Waals surface area contributed by atoms with Crippen molar-refractivity contribution in [2.24, 2.45) is 11.3 Å². The lowest BCUT2D eigenvalue weighted by atomic mass is 9.91. The summed E-state index contributed by atoms with van der Waals surface area (Å²) in [6.07, 6.45) is -1.08. The van der Waals surface area contributed by atoms with Crippen molar-refractivity contribution in [1.82, 2.24) is 20.1 Å². The van der Waals surface area contributed by atoms with E-state index in [1.807, 2.05) is 65.0 Å². The van der Waals surface area contributed by atoms with Gasteiger partial charge in [-0.15, -0.1) is 0 Å². The third-order valence-electron chi connectivity index (χ3n) is 6.54. The Kier molecular flexibility index (Phi) is 11.4. The number of aliphatic hydroxyl groups excluding tert-OH is 1. The summed E-state index contributed by atoms with van der Waals surface area (Å²) >= 11 is 0. The number of hydrogen-bond donors (Lipinski definition) is 3. The molecule has 0 aromatic heterocycles. The zero-order valence-electron chi connectivity index (χ0n) is 25.3. The lowest BCUT2D eigenvalue weighted by Gasteiger charge is -2.38. The average Bonchev–Trinajstić information content (AvgIpc) is 3.38. The molecule has 0 bridgehead atoms. The molecule has 0 saturated carbocycles. The van der Waals surface area contributed by atoms with Gasteiger partial charge >= 0.3 is 0 Å². The Morgan fingerprint density at radius 3 is 2.31 bits per heavy atom. The fourth-order valence-electron chi connectivity index (χ4n) is 4.65. The second-order valence-corrected chi connectivity index (χ2v) is 14.1. The average molecular weight is 605 g/mol. The Balaban J connectivity index is 2.01. The van der Waals surface area contributed by atoms with Gasteiger partial charge in [0.25, 0.3) is 5.91 Å². The van der Waals surface area contributed by atoms with Crippen molar-refractivity contribution in [3.63, 3.8) is 0 Å². The molecule has 2 aromatic rings. The van der Waals surface area contributed by atoms with E-state index in [2.05, 4.69) is 10.7 Å². The molecule has 3 rings (SSSR count). The van der Waals surface area contributed by atoms with Crippen LogP contribution in [0.15, 0.2) is 53.4 Å². The number of likely N-dealkylation sites (N-methyl/N-ethyl adjacent to an activating group) is 1. The molecule has 12 heteroatoms. The number of carbonyl (C=O) groups is 2.